The van der Waals surface area contributed by atoms with Crippen LogP contribution >= 0.6 is 0 Å². The predicted octanol–water partition coefficient (Wildman–Crippen LogP) is -3.03. The largest absolute Gasteiger partial charge is 1.00 e. The van der Waals surface area contributed by atoms with Crippen LogP contribution in [-0.2, 0) is 29.0 Å². The van der Waals surface area contributed by atoms with Gasteiger partial charge in [-0.3, -0.25) is 14.7 Å². The zero-order valence-electron chi connectivity index (χ0n) is 17.5. The predicted molar refractivity (Wildman–Crippen MR) is 104 cm³/mol. The maximum atomic E-state index is 12.8. The molecule has 0 aromatic carbocycles. The molecule has 1 atom stereocenters. The molecule has 0 N–H and O–H groups in total. The summed E-state index contributed by atoms with van der Waals surface area (Å²) in [5, 5.41) is 10.3. The van der Waals surface area contributed by atoms with Gasteiger partial charge in [0.25, 0.3) is 5.91 Å². The topological polar surface area (TPSA) is 134 Å². The molecule has 0 saturated carbocycles. The van der Waals surface area contributed by atoms with Crippen LogP contribution in [0.25, 0.3) is 6.08 Å². The summed E-state index contributed by atoms with van der Waals surface area (Å²) in [6.45, 7) is 4.94. The smallest absolute Gasteiger partial charge is 0.543 e. The monoisotopic (exact) mass is 454 g/mol. The van der Waals surface area contributed by atoms with Crippen molar-refractivity contribution in [3.63, 3.8) is 0 Å². The number of fused-ring (bicyclic) bond motifs is 1. The molecule has 9 nitrogen and oxygen atoms in total. The maximum absolute atomic E-state index is 12.8. The SMILES string of the molecule is CC(C)(C)OC(=O)/C=C/C1=C(C(=O)[O-])N2C(=O)/C(=C/c3ccccn3)[C@H]2S(=O)(=O)C1.[Na+]. The number of carboxylic acids is 1. The number of carbonyl (C=O) groups excluding carboxylic acids is 3. The molecular formula is C20H19N2NaO7S. The van der Waals surface area contributed by atoms with E-state index in [9.17, 15) is 27.9 Å². The number of hydrogen-bond donors (Lipinski definition) is 0. The summed E-state index contributed by atoms with van der Waals surface area (Å²) in [6.07, 6.45) is 4.75. The molecular weight excluding hydrogens is 435 g/mol. The van der Waals surface area contributed by atoms with Crippen molar-refractivity contribution < 1.29 is 62.2 Å². The van der Waals surface area contributed by atoms with Crippen molar-refractivity contribution in [2.45, 2.75) is 31.7 Å². The zero-order chi connectivity index (χ0) is 22.3. The summed E-state index contributed by atoms with van der Waals surface area (Å²) < 4.78 is 30.7. The van der Waals surface area contributed by atoms with E-state index in [-0.39, 0.29) is 40.7 Å². The quantitative estimate of drug-likeness (QED) is 0.203. The number of aliphatic carboxylic acids is 1. The number of sulfone groups is 1. The second kappa shape index (κ2) is 9.07. The fourth-order valence-electron chi connectivity index (χ4n) is 3.13. The number of esters is 1. The molecule has 1 aromatic heterocycles. The van der Waals surface area contributed by atoms with Gasteiger partial charge in [-0.1, -0.05) is 6.07 Å². The van der Waals surface area contributed by atoms with Crippen LogP contribution in [0.1, 0.15) is 26.5 Å². The minimum absolute atomic E-state index is 0. The van der Waals surface area contributed by atoms with Gasteiger partial charge in [0, 0.05) is 12.3 Å². The Kier molecular flexibility index (Phi) is 7.32. The summed E-state index contributed by atoms with van der Waals surface area (Å²) in [5.41, 5.74) is -1.32. The number of rotatable bonds is 4. The van der Waals surface area contributed by atoms with E-state index in [2.05, 4.69) is 4.98 Å². The molecule has 0 radical (unpaired) electrons. The van der Waals surface area contributed by atoms with Crippen molar-refractivity contribution in [2.75, 3.05) is 5.75 Å². The Morgan fingerprint density at radius 2 is 1.97 bits per heavy atom. The molecule has 1 fully saturated rings. The first-order valence-corrected chi connectivity index (χ1v) is 10.7. The normalized spacial score (nSPS) is 21.4. The van der Waals surface area contributed by atoms with Crippen LogP contribution in [0.4, 0.5) is 0 Å². The number of allylic oxidation sites excluding steroid dienone is 1. The van der Waals surface area contributed by atoms with Crippen molar-refractivity contribution in [2.24, 2.45) is 0 Å². The number of carboxylic acid groups (broad SMARTS) is 1. The average molecular weight is 454 g/mol. The Hall–Kier alpha value is -2.27. The maximum Gasteiger partial charge on any atom is 1.00 e. The van der Waals surface area contributed by atoms with Crippen molar-refractivity contribution >= 4 is 33.8 Å². The van der Waals surface area contributed by atoms with Gasteiger partial charge < -0.3 is 14.6 Å². The molecule has 31 heavy (non-hydrogen) atoms. The minimum Gasteiger partial charge on any atom is -0.543 e. The van der Waals surface area contributed by atoms with Gasteiger partial charge in [-0.25, -0.2) is 13.2 Å². The summed E-state index contributed by atoms with van der Waals surface area (Å²) in [5.74, 6) is -3.96. The summed E-state index contributed by atoms with van der Waals surface area (Å²) >= 11 is 0. The van der Waals surface area contributed by atoms with Crippen LogP contribution < -0.4 is 34.7 Å². The summed E-state index contributed by atoms with van der Waals surface area (Å²) in [6, 6.07) is 4.92. The third-order valence-corrected chi connectivity index (χ3v) is 6.08. The number of β-lactam (4-membered cyclic amide) rings is 1. The molecule has 158 valence electrons. The van der Waals surface area contributed by atoms with Gasteiger partial charge in [0.1, 0.15) is 5.60 Å². The van der Waals surface area contributed by atoms with Crippen molar-refractivity contribution in [3.05, 3.63) is 59.1 Å². The molecule has 1 aromatic rings. The first-order valence-electron chi connectivity index (χ1n) is 8.94. The van der Waals surface area contributed by atoms with Crippen LogP contribution in [-0.4, -0.2) is 52.9 Å². The van der Waals surface area contributed by atoms with E-state index in [1.54, 1.807) is 39.0 Å². The van der Waals surface area contributed by atoms with Crippen LogP contribution in [0, 0.1) is 0 Å². The molecule has 0 unspecified atom stereocenters. The van der Waals surface area contributed by atoms with Gasteiger partial charge in [0.15, 0.2) is 15.2 Å². The summed E-state index contributed by atoms with van der Waals surface area (Å²) in [7, 11) is -3.97. The Balaban J connectivity index is 0.00000341. The molecule has 2 aliphatic rings. The van der Waals surface area contributed by atoms with E-state index in [4.69, 9.17) is 4.74 Å². The standard InChI is InChI=1S/C20H20N2O7S.Na/c1-20(2,3)29-15(23)8-7-12-11-30(27,28)18-14(10-13-6-4-5-9-21-13)17(24)22(18)16(12)19(25)26;/h4-10,18H,11H2,1-3H3,(H,25,26);/q;+1/p-1/b8-7+,14-10-;/t18-;/m1./s1. The number of carbonyl (C=O) groups is 3. The second-order valence-electron chi connectivity index (χ2n) is 7.72. The molecule has 0 bridgehead atoms. The van der Waals surface area contributed by atoms with Crippen LogP contribution in [0.5, 0.6) is 0 Å². The summed E-state index contributed by atoms with van der Waals surface area (Å²) in [4.78, 5) is 40.9. The van der Waals surface area contributed by atoms with Crippen molar-refractivity contribution in [1.82, 2.24) is 9.88 Å². The minimum atomic E-state index is -3.97. The van der Waals surface area contributed by atoms with E-state index < -0.39 is 50.1 Å². The van der Waals surface area contributed by atoms with Gasteiger partial charge in [0.05, 0.1) is 28.7 Å². The first-order chi connectivity index (χ1) is 13.9. The Labute approximate surface area is 201 Å². The Morgan fingerprint density at radius 1 is 1.29 bits per heavy atom. The number of aromatic nitrogens is 1. The van der Waals surface area contributed by atoms with Crippen molar-refractivity contribution in [1.29, 1.82) is 0 Å². The van der Waals surface area contributed by atoms with Gasteiger partial charge in [-0.05, 0) is 50.6 Å². The average Bonchev–Trinajstić information content (AvgIpc) is 2.62. The third kappa shape index (κ3) is 5.32. The second-order valence-corrected chi connectivity index (χ2v) is 9.78. The fourth-order valence-corrected chi connectivity index (χ4v) is 5.03. The van der Waals surface area contributed by atoms with Gasteiger partial charge in [0.2, 0.25) is 0 Å². The van der Waals surface area contributed by atoms with E-state index in [1.807, 2.05) is 0 Å². The Bertz CT molecular complexity index is 1120. The molecule has 0 aliphatic carbocycles. The van der Waals surface area contributed by atoms with Gasteiger partial charge >= 0.3 is 35.5 Å². The Morgan fingerprint density at radius 3 is 2.52 bits per heavy atom. The number of ether oxygens (including phenoxy) is 1. The number of pyridine rings is 1. The molecule has 3 heterocycles. The van der Waals surface area contributed by atoms with Gasteiger partial charge in [-0.15, -0.1) is 0 Å². The van der Waals surface area contributed by atoms with Crippen LogP contribution in [0.2, 0.25) is 0 Å². The van der Waals surface area contributed by atoms with Gasteiger partial charge in [-0.2, -0.15) is 0 Å². The molecule has 0 spiro atoms. The fraction of sp³-hybridized carbons (Fsp3) is 0.300. The van der Waals surface area contributed by atoms with E-state index in [1.165, 1.54) is 12.3 Å². The molecule has 1 amide bonds. The zero-order valence-corrected chi connectivity index (χ0v) is 20.3. The molecule has 3 rings (SSSR count). The molecule has 2 aliphatic heterocycles. The molecule has 11 heteroatoms. The van der Waals surface area contributed by atoms with Crippen molar-refractivity contribution in [3.8, 4) is 0 Å². The molecule has 1 saturated heterocycles. The number of amides is 1. The van der Waals surface area contributed by atoms with Crippen LogP contribution in [0.15, 0.2) is 53.4 Å². The van der Waals surface area contributed by atoms with E-state index >= 15 is 0 Å². The van der Waals surface area contributed by atoms with Crippen LogP contribution in [0.3, 0.4) is 0 Å². The number of nitrogens with zero attached hydrogens (tertiary/aromatic N) is 2. The third-order valence-electron chi connectivity index (χ3n) is 4.22. The number of hydrogen-bond acceptors (Lipinski definition) is 8. The first kappa shape index (κ1) is 25.0. The van der Waals surface area contributed by atoms with E-state index in [0.717, 1.165) is 12.2 Å². The van der Waals surface area contributed by atoms with E-state index in [0.29, 0.717) is 10.6 Å².